The first kappa shape index (κ1) is 13.8. The SMILES string of the molecule is C=CC[C@@H]1CC[C@@H](C(C)=O)[C@H](C2CCCCC2)O1. The zero-order valence-corrected chi connectivity index (χ0v) is 11.6. The normalized spacial score (nSPS) is 34.2. The van der Waals surface area contributed by atoms with E-state index in [0.29, 0.717) is 17.8 Å². The molecular formula is C16H26O2. The van der Waals surface area contributed by atoms with Crippen molar-refractivity contribution < 1.29 is 9.53 Å². The minimum Gasteiger partial charge on any atom is -0.374 e. The molecule has 0 radical (unpaired) electrons. The lowest BCUT2D eigenvalue weighted by molar-refractivity contribution is -0.145. The number of Topliss-reactive ketones (excluding diaryl/α,β-unsaturated/α-hetero) is 1. The smallest absolute Gasteiger partial charge is 0.135 e. The van der Waals surface area contributed by atoms with Crippen LogP contribution in [0.4, 0.5) is 0 Å². The first-order valence-electron chi connectivity index (χ1n) is 7.49. The van der Waals surface area contributed by atoms with Gasteiger partial charge in [-0.1, -0.05) is 25.3 Å². The van der Waals surface area contributed by atoms with Gasteiger partial charge in [-0.25, -0.2) is 0 Å². The van der Waals surface area contributed by atoms with Gasteiger partial charge < -0.3 is 4.74 Å². The average Bonchev–Trinajstić information content (AvgIpc) is 2.40. The quantitative estimate of drug-likeness (QED) is 0.707. The lowest BCUT2D eigenvalue weighted by atomic mass is 9.76. The summed E-state index contributed by atoms with van der Waals surface area (Å²) in [4.78, 5) is 11.8. The van der Waals surface area contributed by atoms with E-state index in [9.17, 15) is 4.79 Å². The topological polar surface area (TPSA) is 26.3 Å². The highest BCUT2D eigenvalue weighted by atomic mass is 16.5. The molecule has 2 heteroatoms. The monoisotopic (exact) mass is 250 g/mol. The van der Waals surface area contributed by atoms with Crippen molar-refractivity contribution in [1.82, 2.24) is 0 Å². The van der Waals surface area contributed by atoms with Crippen LogP contribution in [0.2, 0.25) is 0 Å². The van der Waals surface area contributed by atoms with Gasteiger partial charge in [-0.3, -0.25) is 4.79 Å². The Kier molecular flexibility index (Phi) is 4.99. The molecule has 1 heterocycles. The Morgan fingerprint density at radius 3 is 2.56 bits per heavy atom. The van der Waals surface area contributed by atoms with Crippen LogP contribution >= 0.6 is 0 Å². The maximum atomic E-state index is 11.8. The number of ether oxygens (including phenoxy) is 1. The minimum absolute atomic E-state index is 0.147. The summed E-state index contributed by atoms with van der Waals surface area (Å²) in [6.07, 6.45) is 11.8. The molecule has 0 N–H and O–H groups in total. The minimum atomic E-state index is 0.147. The van der Waals surface area contributed by atoms with Crippen LogP contribution in [0.15, 0.2) is 12.7 Å². The second kappa shape index (κ2) is 6.51. The highest BCUT2D eigenvalue weighted by Gasteiger charge is 2.38. The van der Waals surface area contributed by atoms with E-state index >= 15 is 0 Å². The fourth-order valence-corrected chi connectivity index (χ4v) is 3.61. The van der Waals surface area contributed by atoms with Crippen molar-refractivity contribution in [2.45, 2.75) is 70.5 Å². The third kappa shape index (κ3) is 3.23. The van der Waals surface area contributed by atoms with Gasteiger partial charge in [0, 0.05) is 5.92 Å². The van der Waals surface area contributed by atoms with Crippen molar-refractivity contribution in [3.8, 4) is 0 Å². The van der Waals surface area contributed by atoms with E-state index in [1.165, 1.54) is 32.1 Å². The number of hydrogen-bond acceptors (Lipinski definition) is 2. The summed E-state index contributed by atoms with van der Waals surface area (Å²) in [6.45, 7) is 5.53. The molecule has 18 heavy (non-hydrogen) atoms. The predicted octanol–water partition coefficient (Wildman–Crippen LogP) is 3.90. The Morgan fingerprint density at radius 2 is 1.94 bits per heavy atom. The highest BCUT2D eigenvalue weighted by Crippen LogP contribution is 2.38. The van der Waals surface area contributed by atoms with Crippen LogP contribution in [-0.2, 0) is 9.53 Å². The summed E-state index contributed by atoms with van der Waals surface area (Å²) in [5.41, 5.74) is 0. The number of carbonyl (C=O) groups excluding carboxylic acids is 1. The van der Waals surface area contributed by atoms with Crippen molar-refractivity contribution in [2.75, 3.05) is 0 Å². The Labute approximate surface area is 111 Å². The number of ketones is 1. The van der Waals surface area contributed by atoms with Crippen LogP contribution in [-0.4, -0.2) is 18.0 Å². The highest BCUT2D eigenvalue weighted by molar-refractivity contribution is 5.79. The molecule has 2 rings (SSSR count). The van der Waals surface area contributed by atoms with Crippen molar-refractivity contribution in [2.24, 2.45) is 11.8 Å². The maximum absolute atomic E-state index is 11.8. The Hall–Kier alpha value is -0.630. The van der Waals surface area contributed by atoms with Crippen LogP contribution in [0.25, 0.3) is 0 Å². The second-order valence-electron chi connectivity index (χ2n) is 5.94. The maximum Gasteiger partial charge on any atom is 0.135 e. The second-order valence-corrected chi connectivity index (χ2v) is 5.94. The van der Waals surface area contributed by atoms with Gasteiger partial charge in [0.25, 0.3) is 0 Å². The van der Waals surface area contributed by atoms with Gasteiger partial charge in [0.1, 0.15) is 5.78 Å². The molecule has 1 saturated carbocycles. The number of rotatable bonds is 4. The molecule has 2 nitrogen and oxygen atoms in total. The molecule has 1 saturated heterocycles. The molecule has 0 aromatic heterocycles. The van der Waals surface area contributed by atoms with E-state index in [-0.39, 0.29) is 12.0 Å². The fourth-order valence-electron chi connectivity index (χ4n) is 3.61. The summed E-state index contributed by atoms with van der Waals surface area (Å²) in [6, 6.07) is 0. The third-order valence-corrected chi connectivity index (χ3v) is 4.61. The molecule has 2 fully saturated rings. The van der Waals surface area contributed by atoms with Gasteiger partial charge in [0.2, 0.25) is 0 Å². The van der Waals surface area contributed by atoms with E-state index < -0.39 is 0 Å². The molecule has 1 aliphatic carbocycles. The first-order chi connectivity index (χ1) is 8.72. The van der Waals surface area contributed by atoms with Gasteiger partial charge in [0.05, 0.1) is 12.2 Å². The predicted molar refractivity (Wildman–Crippen MR) is 73.5 cm³/mol. The molecule has 102 valence electrons. The Balaban J connectivity index is 2.03. The van der Waals surface area contributed by atoms with Gasteiger partial charge in [-0.05, 0) is 44.9 Å². The van der Waals surface area contributed by atoms with Crippen molar-refractivity contribution in [3.63, 3.8) is 0 Å². The fraction of sp³-hybridized carbons (Fsp3) is 0.812. The summed E-state index contributed by atoms with van der Waals surface area (Å²) in [5, 5.41) is 0. The van der Waals surface area contributed by atoms with E-state index in [2.05, 4.69) is 6.58 Å². The van der Waals surface area contributed by atoms with E-state index in [1.807, 2.05) is 6.08 Å². The molecule has 0 bridgehead atoms. The van der Waals surface area contributed by atoms with E-state index in [0.717, 1.165) is 19.3 Å². The number of carbonyl (C=O) groups is 1. The Bertz CT molecular complexity index is 291. The van der Waals surface area contributed by atoms with E-state index in [1.54, 1.807) is 6.92 Å². The average molecular weight is 250 g/mol. The summed E-state index contributed by atoms with van der Waals surface area (Å²) < 4.78 is 6.25. The molecule has 0 aromatic carbocycles. The molecule has 0 spiro atoms. The Morgan fingerprint density at radius 1 is 1.22 bits per heavy atom. The summed E-state index contributed by atoms with van der Waals surface area (Å²) >= 11 is 0. The van der Waals surface area contributed by atoms with E-state index in [4.69, 9.17) is 4.74 Å². The molecule has 0 amide bonds. The van der Waals surface area contributed by atoms with Crippen molar-refractivity contribution in [3.05, 3.63) is 12.7 Å². The third-order valence-electron chi connectivity index (χ3n) is 4.61. The zero-order valence-electron chi connectivity index (χ0n) is 11.6. The summed E-state index contributed by atoms with van der Waals surface area (Å²) in [5.74, 6) is 1.08. The lowest BCUT2D eigenvalue weighted by Gasteiger charge is -2.41. The number of hydrogen-bond donors (Lipinski definition) is 0. The van der Waals surface area contributed by atoms with Crippen LogP contribution in [0, 0.1) is 11.8 Å². The van der Waals surface area contributed by atoms with Crippen LogP contribution < -0.4 is 0 Å². The summed E-state index contributed by atoms with van der Waals surface area (Å²) in [7, 11) is 0. The molecule has 0 aromatic rings. The molecule has 0 unspecified atom stereocenters. The van der Waals surface area contributed by atoms with Gasteiger partial charge >= 0.3 is 0 Å². The van der Waals surface area contributed by atoms with Gasteiger partial charge in [-0.15, -0.1) is 6.58 Å². The molecule has 3 atom stereocenters. The molecule has 1 aliphatic heterocycles. The zero-order chi connectivity index (χ0) is 13.0. The largest absolute Gasteiger partial charge is 0.374 e. The van der Waals surface area contributed by atoms with Crippen LogP contribution in [0.5, 0.6) is 0 Å². The lowest BCUT2D eigenvalue weighted by Crippen LogP contribution is -2.43. The first-order valence-corrected chi connectivity index (χ1v) is 7.49. The van der Waals surface area contributed by atoms with Crippen molar-refractivity contribution in [1.29, 1.82) is 0 Å². The molecule has 2 aliphatic rings. The standard InChI is InChI=1S/C16H26O2/c1-3-7-14-10-11-15(12(2)17)16(18-14)13-8-5-4-6-9-13/h3,13-16H,1,4-11H2,2H3/t14-,15+,16+/m1/s1. The van der Waals surface area contributed by atoms with Crippen LogP contribution in [0.1, 0.15) is 58.3 Å². The van der Waals surface area contributed by atoms with Crippen molar-refractivity contribution >= 4 is 5.78 Å². The molecular weight excluding hydrogens is 224 g/mol. The van der Waals surface area contributed by atoms with Crippen LogP contribution in [0.3, 0.4) is 0 Å². The van der Waals surface area contributed by atoms with Gasteiger partial charge in [0.15, 0.2) is 0 Å². The van der Waals surface area contributed by atoms with Gasteiger partial charge in [-0.2, -0.15) is 0 Å².